The Labute approximate surface area is 165 Å². The molecule has 1 N–H and O–H groups in total. The number of fused-ring (bicyclic) bond motifs is 1. The van der Waals surface area contributed by atoms with E-state index >= 15 is 0 Å². The second-order valence-electron chi connectivity index (χ2n) is 6.81. The average molecular weight is 397 g/mol. The molecule has 3 rings (SSSR count). The molecular weight excluding hydrogens is 374 g/mol. The zero-order valence-corrected chi connectivity index (χ0v) is 16.9. The van der Waals surface area contributed by atoms with Crippen molar-refractivity contribution in [1.82, 2.24) is 5.32 Å². The van der Waals surface area contributed by atoms with E-state index in [0.717, 1.165) is 16.3 Å². The summed E-state index contributed by atoms with van der Waals surface area (Å²) in [5.74, 6) is 0.415. The van der Waals surface area contributed by atoms with Gasteiger partial charge in [0, 0.05) is 11.6 Å². The van der Waals surface area contributed by atoms with Crippen LogP contribution in [0.4, 0.5) is 0 Å². The summed E-state index contributed by atoms with van der Waals surface area (Å²) < 4.78 is 29.0. The number of benzene rings is 3. The Morgan fingerprint density at radius 1 is 0.929 bits per heavy atom. The van der Waals surface area contributed by atoms with Crippen molar-refractivity contribution in [3.8, 4) is 5.75 Å². The van der Waals surface area contributed by atoms with Crippen molar-refractivity contribution >= 4 is 26.5 Å². The lowest BCUT2D eigenvalue weighted by molar-refractivity contribution is -0.127. The van der Waals surface area contributed by atoms with E-state index in [9.17, 15) is 13.2 Å². The Hall–Kier alpha value is -2.86. The lowest BCUT2D eigenvalue weighted by Gasteiger charge is -2.20. The van der Waals surface area contributed by atoms with Crippen LogP contribution in [0.1, 0.15) is 25.5 Å². The highest BCUT2D eigenvalue weighted by Crippen LogP contribution is 2.26. The monoisotopic (exact) mass is 397 g/mol. The molecule has 0 saturated heterocycles. The molecule has 0 radical (unpaired) electrons. The number of sulfone groups is 1. The van der Waals surface area contributed by atoms with Crippen molar-refractivity contribution in [1.29, 1.82) is 0 Å². The van der Waals surface area contributed by atoms with E-state index in [1.807, 2.05) is 49.4 Å². The second kappa shape index (κ2) is 8.02. The molecule has 0 heterocycles. The summed E-state index contributed by atoms with van der Waals surface area (Å²) in [6, 6.07) is 19.8. The van der Waals surface area contributed by atoms with Gasteiger partial charge in [-0.25, -0.2) is 8.42 Å². The number of nitrogens with one attached hydrogen (secondary N) is 1. The number of carbonyl (C=O) groups is 1. The van der Waals surface area contributed by atoms with Crippen molar-refractivity contribution in [2.45, 2.75) is 30.9 Å². The maximum atomic E-state index is 12.6. The predicted molar refractivity (Wildman–Crippen MR) is 110 cm³/mol. The van der Waals surface area contributed by atoms with Crippen LogP contribution >= 0.6 is 0 Å². The van der Waals surface area contributed by atoms with E-state index in [-0.39, 0.29) is 16.8 Å². The summed E-state index contributed by atoms with van der Waals surface area (Å²) in [4.78, 5) is 12.8. The molecule has 0 aliphatic carbocycles. The average Bonchev–Trinajstić information content (AvgIpc) is 2.67. The third kappa shape index (κ3) is 4.51. The van der Waals surface area contributed by atoms with Crippen LogP contribution in [-0.2, 0) is 14.6 Å². The Bertz CT molecular complexity index is 1090. The number of ether oxygens (including phenoxy) is 1. The highest BCUT2D eigenvalue weighted by atomic mass is 32.2. The maximum absolute atomic E-state index is 12.6. The molecule has 0 aliphatic heterocycles. The standard InChI is InChI=1S/C22H23NO4S/c1-15(17-11-13-19(14-12-17)28(3,25)26)23-22(24)16(2)27-21-10-6-8-18-7-4-5-9-20(18)21/h4-16H,1-3H3,(H,23,24)/t15-,16-/m0/s1. The normalized spacial score (nSPS) is 13.7. The van der Waals surface area contributed by atoms with Crippen LogP contribution in [0, 0.1) is 0 Å². The van der Waals surface area contributed by atoms with Gasteiger partial charge in [0.05, 0.1) is 10.9 Å². The van der Waals surface area contributed by atoms with Gasteiger partial charge in [-0.15, -0.1) is 0 Å². The fourth-order valence-corrected chi connectivity index (χ4v) is 3.59. The molecule has 2 atom stereocenters. The minimum absolute atomic E-state index is 0.243. The van der Waals surface area contributed by atoms with Crippen molar-refractivity contribution in [3.05, 3.63) is 72.3 Å². The van der Waals surface area contributed by atoms with Gasteiger partial charge in [-0.05, 0) is 43.0 Å². The summed E-state index contributed by atoms with van der Waals surface area (Å²) in [6.45, 7) is 3.55. The molecule has 6 heteroatoms. The number of hydrogen-bond donors (Lipinski definition) is 1. The van der Waals surface area contributed by atoms with Crippen LogP contribution in [0.2, 0.25) is 0 Å². The van der Waals surface area contributed by atoms with E-state index in [0.29, 0.717) is 5.75 Å². The smallest absolute Gasteiger partial charge is 0.261 e. The minimum Gasteiger partial charge on any atom is -0.480 e. The summed E-state index contributed by atoms with van der Waals surface area (Å²) in [7, 11) is -3.24. The third-order valence-corrected chi connectivity index (χ3v) is 5.72. The van der Waals surface area contributed by atoms with Gasteiger partial charge in [-0.1, -0.05) is 48.5 Å². The van der Waals surface area contributed by atoms with E-state index in [4.69, 9.17) is 4.74 Å². The fraction of sp³-hybridized carbons (Fsp3) is 0.227. The van der Waals surface area contributed by atoms with Crippen molar-refractivity contribution in [2.75, 3.05) is 6.26 Å². The first-order valence-corrected chi connectivity index (χ1v) is 10.9. The maximum Gasteiger partial charge on any atom is 0.261 e. The van der Waals surface area contributed by atoms with E-state index in [1.54, 1.807) is 31.2 Å². The number of rotatable bonds is 6. The van der Waals surface area contributed by atoms with E-state index < -0.39 is 15.9 Å². The molecule has 0 aromatic heterocycles. The van der Waals surface area contributed by atoms with Gasteiger partial charge in [0.15, 0.2) is 15.9 Å². The zero-order valence-electron chi connectivity index (χ0n) is 16.0. The molecule has 0 aliphatic rings. The van der Waals surface area contributed by atoms with Gasteiger partial charge < -0.3 is 10.1 Å². The first-order chi connectivity index (χ1) is 13.3. The topological polar surface area (TPSA) is 72.5 Å². The van der Waals surface area contributed by atoms with Crippen LogP contribution in [-0.4, -0.2) is 26.7 Å². The Morgan fingerprint density at radius 3 is 2.25 bits per heavy atom. The first kappa shape index (κ1) is 19.9. The number of carbonyl (C=O) groups excluding carboxylic acids is 1. The molecule has 3 aromatic carbocycles. The zero-order chi connectivity index (χ0) is 20.3. The molecule has 1 amide bonds. The molecule has 3 aromatic rings. The predicted octanol–water partition coefficient (Wildman–Crippen LogP) is 3.89. The molecule has 5 nitrogen and oxygen atoms in total. The van der Waals surface area contributed by atoms with E-state index in [2.05, 4.69) is 5.32 Å². The molecule has 0 bridgehead atoms. The Morgan fingerprint density at radius 2 is 1.57 bits per heavy atom. The molecule has 0 saturated carbocycles. The summed E-state index contributed by atoms with van der Waals surface area (Å²) >= 11 is 0. The van der Waals surface area contributed by atoms with Gasteiger partial charge in [-0.2, -0.15) is 0 Å². The van der Waals surface area contributed by atoms with Gasteiger partial charge in [-0.3, -0.25) is 4.79 Å². The molecule has 0 fully saturated rings. The molecule has 28 heavy (non-hydrogen) atoms. The lowest BCUT2D eigenvalue weighted by atomic mass is 10.1. The quantitative estimate of drug-likeness (QED) is 0.685. The second-order valence-corrected chi connectivity index (χ2v) is 8.82. The molecule has 0 unspecified atom stereocenters. The van der Waals surface area contributed by atoms with Crippen LogP contribution in [0.5, 0.6) is 5.75 Å². The Balaban J connectivity index is 1.68. The first-order valence-electron chi connectivity index (χ1n) is 9.00. The highest BCUT2D eigenvalue weighted by molar-refractivity contribution is 7.90. The molecule has 146 valence electrons. The van der Waals surface area contributed by atoms with Crippen LogP contribution in [0.3, 0.4) is 0 Å². The summed E-state index contributed by atoms with van der Waals surface area (Å²) in [6.07, 6.45) is 0.489. The number of hydrogen-bond acceptors (Lipinski definition) is 4. The van der Waals surface area contributed by atoms with Crippen LogP contribution in [0.25, 0.3) is 10.8 Å². The van der Waals surface area contributed by atoms with Crippen molar-refractivity contribution < 1.29 is 17.9 Å². The summed E-state index contributed by atoms with van der Waals surface area (Å²) in [5.41, 5.74) is 0.818. The number of amides is 1. The minimum atomic E-state index is -3.24. The fourth-order valence-electron chi connectivity index (χ4n) is 2.96. The van der Waals surface area contributed by atoms with Crippen molar-refractivity contribution in [3.63, 3.8) is 0 Å². The van der Waals surface area contributed by atoms with Gasteiger partial charge in [0.2, 0.25) is 0 Å². The van der Waals surface area contributed by atoms with Gasteiger partial charge in [0.1, 0.15) is 5.75 Å². The van der Waals surface area contributed by atoms with Crippen LogP contribution in [0.15, 0.2) is 71.6 Å². The molecule has 0 spiro atoms. The SMILES string of the molecule is C[C@H](Oc1cccc2ccccc12)C(=O)N[C@@H](C)c1ccc(S(C)(=O)=O)cc1. The lowest BCUT2D eigenvalue weighted by Crippen LogP contribution is -2.37. The van der Waals surface area contributed by atoms with Crippen molar-refractivity contribution in [2.24, 2.45) is 0 Å². The summed E-state index contributed by atoms with van der Waals surface area (Å²) in [5, 5.41) is 4.91. The van der Waals surface area contributed by atoms with Crippen LogP contribution < -0.4 is 10.1 Å². The van der Waals surface area contributed by atoms with E-state index in [1.165, 1.54) is 6.26 Å². The molecular formula is C22H23NO4S. The third-order valence-electron chi connectivity index (χ3n) is 4.59. The Kier molecular flexibility index (Phi) is 5.70. The van der Waals surface area contributed by atoms with Gasteiger partial charge in [0.25, 0.3) is 5.91 Å². The largest absolute Gasteiger partial charge is 0.480 e. The van der Waals surface area contributed by atoms with Gasteiger partial charge >= 0.3 is 0 Å². The highest BCUT2D eigenvalue weighted by Gasteiger charge is 2.19.